The molecule has 40 heavy (non-hydrogen) atoms. The lowest BCUT2D eigenvalue weighted by Crippen LogP contribution is -2.38. The second-order valence-corrected chi connectivity index (χ2v) is 10.7. The standard InChI is InChI=1S/C32H32N2O5S/c1-21-28(20-40-29-8-4-3-7-27(29)37-2)38-32(39-30(21)23-11-9-22(19-35)10-12-23)24-13-15-26(16-14-24)34-31(36)25-6-5-17-33-18-25/h3-18,21,28,30,32,35H,19-20H2,1-2H3,(H,34,36). The number of methoxy groups -OCH3 is 1. The van der Waals surface area contributed by atoms with Gasteiger partial charge in [0.25, 0.3) is 5.91 Å². The maximum atomic E-state index is 12.5. The molecule has 4 atom stereocenters. The van der Waals surface area contributed by atoms with Gasteiger partial charge >= 0.3 is 0 Å². The molecule has 1 aliphatic heterocycles. The lowest BCUT2D eigenvalue weighted by Gasteiger charge is -2.41. The summed E-state index contributed by atoms with van der Waals surface area (Å²) in [6.07, 6.45) is 2.25. The number of nitrogens with one attached hydrogen (secondary N) is 1. The zero-order chi connectivity index (χ0) is 27.9. The Bertz CT molecular complexity index is 1400. The minimum atomic E-state index is -0.593. The first kappa shape index (κ1) is 27.9. The number of hydrogen-bond donors (Lipinski definition) is 2. The monoisotopic (exact) mass is 556 g/mol. The number of amides is 1. The Kier molecular flexibility index (Phi) is 9.13. The molecule has 206 valence electrons. The number of pyridine rings is 1. The topological polar surface area (TPSA) is 89.9 Å². The molecule has 4 aromatic rings. The van der Waals surface area contributed by atoms with Crippen molar-refractivity contribution in [3.8, 4) is 5.75 Å². The number of ether oxygens (including phenoxy) is 3. The van der Waals surface area contributed by atoms with Crippen molar-refractivity contribution in [2.45, 2.75) is 36.9 Å². The molecular formula is C32H32N2O5S. The highest BCUT2D eigenvalue weighted by Gasteiger charge is 2.38. The predicted molar refractivity (Wildman–Crippen MR) is 155 cm³/mol. The highest BCUT2D eigenvalue weighted by molar-refractivity contribution is 7.99. The van der Waals surface area contributed by atoms with Crippen LogP contribution in [-0.4, -0.2) is 35.0 Å². The molecule has 1 aromatic heterocycles. The zero-order valence-corrected chi connectivity index (χ0v) is 23.2. The molecule has 1 fully saturated rings. The van der Waals surface area contributed by atoms with Gasteiger partial charge in [0, 0.05) is 40.2 Å². The summed E-state index contributed by atoms with van der Waals surface area (Å²) in [5.41, 5.74) is 3.90. The number of benzene rings is 3. The van der Waals surface area contributed by atoms with Gasteiger partial charge in [-0.2, -0.15) is 0 Å². The quantitative estimate of drug-likeness (QED) is 0.230. The minimum absolute atomic E-state index is 0.00502. The fraction of sp³-hybridized carbons (Fsp3) is 0.250. The van der Waals surface area contributed by atoms with E-state index in [0.717, 1.165) is 27.3 Å². The average Bonchev–Trinajstić information content (AvgIpc) is 3.01. The number of carbonyl (C=O) groups excluding carboxylic acids is 1. The van der Waals surface area contributed by atoms with E-state index in [9.17, 15) is 9.90 Å². The Hall–Kier alpha value is -3.69. The van der Waals surface area contributed by atoms with Crippen LogP contribution in [0.2, 0.25) is 0 Å². The van der Waals surface area contributed by atoms with Gasteiger partial charge in [0.05, 0.1) is 31.5 Å². The van der Waals surface area contributed by atoms with E-state index < -0.39 is 6.29 Å². The number of aromatic nitrogens is 1. The maximum absolute atomic E-state index is 12.5. The van der Waals surface area contributed by atoms with Crippen molar-refractivity contribution >= 4 is 23.4 Å². The Morgan fingerprint density at radius 1 is 0.975 bits per heavy atom. The maximum Gasteiger partial charge on any atom is 0.257 e. The first-order valence-corrected chi connectivity index (χ1v) is 14.1. The van der Waals surface area contributed by atoms with Gasteiger partial charge in [-0.3, -0.25) is 9.78 Å². The predicted octanol–water partition coefficient (Wildman–Crippen LogP) is 6.42. The number of aliphatic hydroxyl groups is 1. The Morgan fingerprint density at radius 2 is 1.73 bits per heavy atom. The largest absolute Gasteiger partial charge is 0.496 e. The van der Waals surface area contributed by atoms with Crippen molar-refractivity contribution in [1.29, 1.82) is 0 Å². The molecule has 1 amide bonds. The lowest BCUT2D eigenvalue weighted by atomic mass is 9.91. The number of nitrogens with zero attached hydrogens (tertiary/aromatic N) is 1. The summed E-state index contributed by atoms with van der Waals surface area (Å²) in [6.45, 7) is 2.14. The fourth-order valence-corrected chi connectivity index (χ4v) is 5.84. The average molecular weight is 557 g/mol. The molecule has 5 rings (SSSR count). The molecule has 2 heterocycles. The first-order chi connectivity index (χ1) is 19.6. The van der Waals surface area contributed by atoms with Gasteiger partial charge in [-0.1, -0.05) is 55.5 Å². The third-order valence-electron chi connectivity index (χ3n) is 6.96. The Labute approximate surface area is 238 Å². The van der Waals surface area contributed by atoms with E-state index in [0.29, 0.717) is 17.0 Å². The molecule has 3 aromatic carbocycles. The number of para-hydroxylation sites is 1. The lowest BCUT2D eigenvalue weighted by molar-refractivity contribution is -0.268. The summed E-state index contributed by atoms with van der Waals surface area (Å²) in [4.78, 5) is 17.6. The summed E-state index contributed by atoms with van der Waals surface area (Å²) < 4.78 is 18.6. The van der Waals surface area contributed by atoms with Crippen molar-refractivity contribution < 1.29 is 24.1 Å². The number of rotatable bonds is 9. The molecule has 0 bridgehead atoms. The highest BCUT2D eigenvalue weighted by atomic mass is 32.2. The van der Waals surface area contributed by atoms with Crippen LogP contribution >= 0.6 is 11.8 Å². The van der Waals surface area contributed by atoms with Crippen LogP contribution in [0.5, 0.6) is 5.75 Å². The normalized spacial score (nSPS) is 20.6. The van der Waals surface area contributed by atoms with Gasteiger partial charge < -0.3 is 24.6 Å². The molecule has 0 spiro atoms. The number of hydrogen-bond acceptors (Lipinski definition) is 7. The van der Waals surface area contributed by atoms with Gasteiger partial charge in [0.2, 0.25) is 0 Å². The molecule has 0 aliphatic carbocycles. The SMILES string of the molecule is COc1ccccc1SCC1OC(c2ccc(NC(=O)c3cccnc3)cc2)OC(c2ccc(CO)cc2)C1C. The second kappa shape index (κ2) is 13.1. The fourth-order valence-electron chi connectivity index (χ4n) is 4.64. The van der Waals surface area contributed by atoms with E-state index in [4.69, 9.17) is 14.2 Å². The van der Waals surface area contributed by atoms with E-state index in [1.54, 1.807) is 37.2 Å². The molecule has 2 N–H and O–H groups in total. The van der Waals surface area contributed by atoms with Gasteiger partial charge in [0.1, 0.15) is 5.75 Å². The van der Waals surface area contributed by atoms with Gasteiger partial charge in [-0.05, 0) is 47.5 Å². The molecule has 0 saturated carbocycles. The van der Waals surface area contributed by atoms with Crippen LogP contribution in [0.4, 0.5) is 5.69 Å². The van der Waals surface area contributed by atoms with E-state index in [-0.39, 0.29) is 30.6 Å². The second-order valence-electron chi connectivity index (χ2n) is 9.60. The van der Waals surface area contributed by atoms with Gasteiger partial charge in [-0.15, -0.1) is 11.8 Å². The smallest absolute Gasteiger partial charge is 0.257 e. The number of carbonyl (C=O) groups is 1. The van der Waals surface area contributed by atoms with Gasteiger partial charge in [-0.25, -0.2) is 0 Å². The molecule has 7 nitrogen and oxygen atoms in total. The van der Waals surface area contributed by atoms with Crippen molar-refractivity contribution in [3.63, 3.8) is 0 Å². The Morgan fingerprint density at radius 3 is 2.42 bits per heavy atom. The van der Waals surface area contributed by atoms with Crippen LogP contribution in [0.1, 0.15) is 46.4 Å². The zero-order valence-electron chi connectivity index (χ0n) is 22.4. The van der Waals surface area contributed by atoms with Crippen molar-refractivity contribution in [1.82, 2.24) is 4.98 Å². The van der Waals surface area contributed by atoms with Crippen molar-refractivity contribution in [2.24, 2.45) is 5.92 Å². The van der Waals surface area contributed by atoms with E-state index in [2.05, 4.69) is 23.3 Å². The first-order valence-electron chi connectivity index (χ1n) is 13.1. The number of aliphatic hydroxyl groups excluding tert-OH is 1. The summed E-state index contributed by atoms with van der Waals surface area (Å²) in [7, 11) is 1.68. The highest BCUT2D eigenvalue weighted by Crippen LogP contribution is 2.43. The summed E-state index contributed by atoms with van der Waals surface area (Å²) in [5, 5.41) is 12.4. The van der Waals surface area contributed by atoms with E-state index in [1.165, 1.54) is 6.20 Å². The summed E-state index contributed by atoms with van der Waals surface area (Å²) in [6, 6.07) is 26.8. The van der Waals surface area contributed by atoms with Crippen LogP contribution in [-0.2, 0) is 16.1 Å². The number of thioether (sulfide) groups is 1. The van der Waals surface area contributed by atoms with Gasteiger partial charge in [0.15, 0.2) is 6.29 Å². The van der Waals surface area contributed by atoms with Crippen LogP contribution in [0.3, 0.4) is 0 Å². The molecular weight excluding hydrogens is 524 g/mol. The molecule has 4 unspecified atom stereocenters. The van der Waals surface area contributed by atoms with Crippen LogP contribution in [0, 0.1) is 5.92 Å². The van der Waals surface area contributed by atoms with E-state index >= 15 is 0 Å². The molecule has 1 aliphatic rings. The summed E-state index contributed by atoms with van der Waals surface area (Å²) >= 11 is 1.70. The molecule has 1 saturated heterocycles. The third kappa shape index (κ3) is 6.54. The molecule has 0 radical (unpaired) electrons. The van der Waals surface area contributed by atoms with Crippen LogP contribution in [0.25, 0.3) is 0 Å². The van der Waals surface area contributed by atoms with Crippen molar-refractivity contribution in [2.75, 3.05) is 18.2 Å². The number of anilines is 1. The Balaban J connectivity index is 1.35. The molecule has 8 heteroatoms. The van der Waals surface area contributed by atoms with Crippen LogP contribution in [0.15, 0.2) is 102 Å². The van der Waals surface area contributed by atoms with Crippen molar-refractivity contribution in [3.05, 3.63) is 120 Å². The van der Waals surface area contributed by atoms with Crippen LogP contribution < -0.4 is 10.1 Å². The summed E-state index contributed by atoms with van der Waals surface area (Å²) in [5.74, 6) is 1.39. The minimum Gasteiger partial charge on any atom is -0.496 e. The third-order valence-corrected chi connectivity index (χ3v) is 8.10. The van der Waals surface area contributed by atoms with E-state index in [1.807, 2.05) is 66.7 Å².